The molecule has 0 rings (SSSR count). The zero-order chi connectivity index (χ0) is 7.82. The van der Waals surface area contributed by atoms with Crippen LogP contribution >= 0.6 is 0 Å². The second-order valence-electron chi connectivity index (χ2n) is 2.09. The molecule has 0 saturated carbocycles. The first-order valence-electron chi connectivity index (χ1n) is 3.73. The number of methoxy groups -OCH3 is 1. The summed E-state index contributed by atoms with van der Waals surface area (Å²) in [7, 11) is 1.68. The number of allylic oxidation sites excluding steroid dienone is 3. The molecule has 0 aliphatic rings. The van der Waals surface area contributed by atoms with Gasteiger partial charge in [-0.1, -0.05) is 26.0 Å². The Kier molecular flexibility index (Phi) is 5.94. The van der Waals surface area contributed by atoms with Gasteiger partial charge in [0.15, 0.2) is 0 Å². The molecule has 0 aromatic carbocycles. The molecule has 1 nitrogen and oxygen atoms in total. The monoisotopic (exact) mass is 140 g/mol. The van der Waals surface area contributed by atoms with Crippen LogP contribution < -0.4 is 0 Å². The molecule has 0 spiro atoms. The first kappa shape index (κ1) is 9.28. The Balaban J connectivity index is 3.82. The fourth-order valence-electron chi connectivity index (χ4n) is 0.661. The first-order valence-corrected chi connectivity index (χ1v) is 3.73. The molecule has 0 bridgehead atoms. The van der Waals surface area contributed by atoms with Gasteiger partial charge in [-0.25, -0.2) is 0 Å². The van der Waals surface area contributed by atoms with Gasteiger partial charge in [0, 0.05) is 0 Å². The standard InChI is InChI=1S/C9H16O/c1-4-6-7-9(5-2)8-10-3/h6-8H,4-5H2,1-3H3/b7-6-,9-8-. The van der Waals surface area contributed by atoms with Gasteiger partial charge in [-0.2, -0.15) is 0 Å². The van der Waals surface area contributed by atoms with Crippen LogP contribution in [0.25, 0.3) is 0 Å². The Morgan fingerprint density at radius 1 is 1.40 bits per heavy atom. The van der Waals surface area contributed by atoms with E-state index in [1.807, 2.05) is 0 Å². The van der Waals surface area contributed by atoms with Crippen molar-refractivity contribution in [2.24, 2.45) is 0 Å². The zero-order valence-corrected chi connectivity index (χ0v) is 7.05. The number of hydrogen-bond donors (Lipinski definition) is 0. The third kappa shape index (κ3) is 4.19. The van der Waals surface area contributed by atoms with Gasteiger partial charge in [-0.05, 0) is 18.4 Å². The summed E-state index contributed by atoms with van der Waals surface area (Å²) in [6.07, 6.45) is 8.13. The predicted octanol–water partition coefficient (Wildman–Crippen LogP) is 2.89. The quantitative estimate of drug-likeness (QED) is 0.431. The highest BCUT2D eigenvalue weighted by Gasteiger charge is 1.84. The highest BCUT2D eigenvalue weighted by molar-refractivity contribution is 5.15. The molecular formula is C9H16O. The molecule has 0 N–H and O–H groups in total. The van der Waals surface area contributed by atoms with E-state index in [1.165, 1.54) is 5.57 Å². The minimum absolute atomic E-state index is 1.03. The Hall–Kier alpha value is -0.720. The number of hydrogen-bond acceptors (Lipinski definition) is 1. The van der Waals surface area contributed by atoms with Crippen LogP contribution in [0.4, 0.5) is 0 Å². The molecule has 0 saturated heterocycles. The summed E-state index contributed by atoms with van der Waals surface area (Å²) in [5.41, 5.74) is 1.24. The minimum atomic E-state index is 1.03. The summed E-state index contributed by atoms with van der Waals surface area (Å²) >= 11 is 0. The summed E-state index contributed by atoms with van der Waals surface area (Å²) < 4.78 is 4.88. The molecule has 0 radical (unpaired) electrons. The summed E-state index contributed by atoms with van der Waals surface area (Å²) in [6.45, 7) is 4.24. The van der Waals surface area contributed by atoms with Gasteiger partial charge < -0.3 is 4.74 Å². The van der Waals surface area contributed by atoms with Crippen LogP contribution in [0, 0.1) is 0 Å². The second kappa shape index (κ2) is 6.40. The molecule has 0 aliphatic heterocycles. The van der Waals surface area contributed by atoms with Crippen molar-refractivity contribution >= 4 is 0 Å². The Morgan fingerprint density at radius 3 is 2.50 bits per heavy atom. The molecule has 0 heterocycles. The predicted molar refractivity (Wildman–Crippen MR) is 44.8 cm³/mol. The fourth-order valence-corrected chi connectivity index (χ4v) is 0.661. The van der Waals surface area contributed by atoms with Crippen molar-refractivity contribution in [3.63, 3.8) is 0 Å². The molecule has 58 valence electrons. The van der Waals surface area contributed by atoms with Crippen LogP contribution in [0.15, 0.2) is 24.0 Å². The van der Waals surface area contributed by atoms with Crippen LogP contribution in [0.1, 0.15) is 26.7 Å². The molecule has 1 heteroatoms. The lowest BCUT2D eigenvalue weighted by Gasteiger charge is -1.94. The Labute approximate surface area is 63.4 Å². The van der Waals surface area contributed by atoms with Crippen molar-refractivity contribution in [3.8, 4) is 0 Å². The minimum Gasteiger partial charge on any atom is -0.504 e. The fraction of sp³-hybridized carbons (Fsp3) is 0.556. The largest absolute Gasteiger partial charge is 0.504 e. The molecule has 0 aromatic heterocycles. The third-order valence-electron chi connectivity index (χ3n) is 1.25. The lowest BCUT2D eigenvalue weighted by Crippen LogP contribution is -1.76. The Morgan fingerprint density at radius 2 is 2.10 bits per heavy atom. The van der Waals surface area contributed by atoms with Gasteiger partial charge in [0.2, 0.25) is 0 Å². The van der Waals surface area contributed by atoms with Gasteiger partial charge >= 0.3 is 0 Å². The van der Waals surface area contributed by atoms with E-state index in [-0.39, 0.29) is 0 Å². The van der Waals surface area contributed by atoms with Gasteiger partial charge in [-0.15, -0.1) is 0 Å². The average Bonchev–Trinajstić information content (AvgIpc) is 1.98. The number of rotatable bonds is 4. The van der Waals surface area contributed by atoms with Crippen molar-refractivity contribution in [2.45, 2.75) is 26.7 Å². The topological polar surface area (TPSA) is 9.23 Å². The van der Waals surface area contributed by atoms with Crippen LogP contribution in [0.5, 0.6) is 0 Å². The van der Waals surface area contributed by atoms with Gasteiger partial charge in [-0.3, -0.25) is 0 Å². The molecule has 0 atom stereocenters. The van der Waals surface area contributed by atoms with E-state index in [1.54, 1.807) is 13.4 Å². The van der Waals surface area contributed by atoms with E-state index < -0.39 is 0 Å². The van der Waals surface area contributed by atoms with Gasteiger partial charge in [0.05, 0.1) is 13.4 Å². The maximum atomic E-state index is 4.88. The summed E-state index contributed by atoms with van der Waals surface area (Å²) in [5.74, 6) is 0. The van der Waals surface area contributed by atoms with Crippen molar-refractivity contribution in [1.82, 2.24) is 0 Å². The normalized spacial score (nSPS) is 12.5. The smallest absolute Gasteiger partial charge is 0.0856 e. The SMILES string of the molecule is CC/C=C\C(=C/OC)CC. The van der Waals surface area contributed by atoms with Crippen molar-refractivity contribution in [3.05, 3.63) is 24.0 Å². The van der Waals surface area contributed by atoms with Crippen molar-refractivity contribution in [2.75, 3.05) is 7.11 Å². The molecular weight excluding hydrogens is 124 g/mol. The van der Waals surface area contributed by atoms with E-state index in [0.29, 0.717) is 0 Å². The highest BCUT2D eigenvalue weighted by Crippen LogP contribution is 2.02. The van der Waals surface area contributed by atoms with Gasteiger partial charge in [0.1, 0.15) is 0 Å². The number of ether oxygens (including phenoxy) is 1. The molecule has 0 aromatic rings. The third-order valence-corrected chi connectivity index (χ3v) is 1.25. The highest BCUT2D eigenvalue weighted by atomic mass is 16.5. The molecule has 10 heavy (non-hydrogen) atoms. The summed E-state index contributed by atoms with van der Waals surface area (Å²) in [5, 5.41) is 0. The average molecular weight is 140 g/mol. The van der Waals surface area contributed by atoms with E-state index in [2.05, 4.69) is 26.0 Å². The first-order chi connectivity index (χ1) is 4.85. The van der Waals surface area contributed by atoms with Crippen molar-refractivity contribution in [1.29, 1.82) is 0 Å². The Bertz CT molecular complexity index is 123. The molecule has 0 amide bonds. The van der Waals surface area contributed by atoms with E-state index >= 15 is 0 Å². The molecule has 0 fully saturated rings. The van der Waals surface area contributed by atoms with E-state index in [9.17, 15) is 0 Å². The van der Waals surface area contributed by atoms with Crippen LogP contribution in [-0.2, 0) is 4.74 Å². The van der Waals surface area contributed by atoms with E-state index in [0.717, 1.165) is 12.8 Å². The van der Waals surface area contributed by atoms with Crippen LogP contribution in [0.3, 0.4) is 0 Å². The zero-order valence-electron chi connectivity index (χ0n) is 7.05. The lowest BCUT2D eigenvalue weighted by molar-refractivity contribution is 0.334. The van der Waals surface area contributed by atoms with Crippen molar-refractivity contribution < 1.29 is 4.74 Å². The summed E-state index contributed by atoms with van der Waals surface area (Å²) in [4.78, 5) is 0. The summed E-state index contributed by atoms with van der Waals surface area (Å²) in [6, 6.07) is 0. The maximum absolute atomic E-state index is 4.88. The maximum Gasteiger partial charge on any atom is 0.0856 e. The van der Waals surface area contributed by atoms with E-state index in [4.69, 9.17) is 4.74 Å². The molecule has 0 unspecified atom stereocenters. The second-order valence-corrected chi connectivity index (χ2v) is 2.09. The van der Waals surface area contributed by atoms with Crippen LogP contribution in [0.2, 0.25) is 0 Å². The lowest BCUT2D eigenvalue weighted by atomic mass is 10.2. The molecule has 0 aliphatic carbocycles. The van der Waals surface area contributed by atoms with Crippen LogP contribution in [-0.4, -0.2) is 7.11 Å². The van der Waals surface area contributed by atoms with Gasteiger partial charge in [0.25, 0.3) is 0 Å².